The number of Topliss-reactive ketones (excluding diaryl/α,β-unsaturated/α-hetero) is 1. The van der Waals surface area contributed by atoms with E-state index in [1.54, 1.807) is 13.8 Å². The fraction of sp³-hybridized carbons (Fsp3) is 0.766. The number of fused-ring (bicyclic) bond motifs is 6. The van der Waals surface area contributed by atoms with E-state index in [0.29, 0.717) is 30.3 Å². The number of rotatable bonds is 10. The first-order valence-electron chi connectivity index (χ1n) is 21.0. The number of allylic oxidation sites excluding steroid dienone is 1. The minimum absolute atomic E-state index is 0.0557. The summed E-state index contributed by atoms with van der Waals surface area (Å²) in [7, 11) is 0. The fourth-order valence-corrected chi connectivity index (χ4v) is 15.0. The number of carboxylic acids is 1. The largest absolute Gasteiger partial charge is 0.481 e. The van der Waals surface area contributed by atoms with Gasteiger partial charge in [-0.25, -0.2) is 0 Å². The van der Waals surface area contributed by atoms with Crippen molar-refractivity contribution in [1.82, 2.24) is 5.32 Å². The maximum Gasteiger partial charge on any atom is 0.309 e. The summed E-state index contributed by atoms with van der Waals surface area (Å²) in [4.78, 5) is 40.6. The summed E-state index contributed by atoms with van der Waals surface area (Å²) in [5.41, 5.74) is 3.86. The van der Waals surface area contributed by atoms with Gasteiger partial charge >= 0.3 is 11.9 Å². The number of carboxylic acid groups (broad SMARTS) is 1. The summed E-state index contributed by atoms with van der Waals surface area (Å²) >= 11 is 0. The molecule has 0 amide bonds. The number of ketones is 1. The molecule has 1 aromatic carbocycles. The van der Waals surface area contributed by atoms with Crippen LogP contribution in [0.5, 0.6) is 0 Å². The second kappa shape index (κ2) is 12.0. The van der Waals surface area contributed by atoms with Crippen LogP contribution in [-0.2, 0) is 25.7 Å². The van der Waals surface area contributed by atoms with Gasteiger partial charge in [-0.2, -0.15) is 0 Å². The van der Waals surface area contributed by atoms with Crippen LogP contribution < -0.4 is 5.32 Å². The monoisotopic (exact) mass is 728 g/mol. The molecule has 6 aliphatic rings. The Kier molecular flexibility index (Phi) is 8.79. The lowest BCUT2D eigenvalue weighted by molar-refractivity contribution is -0.282. The molecule has 7 rings (SSSR count). The molecule has 1 spiro atoms. The Morgan fingerprint density at radius 1 is 0.849 bits per heavy atom. The molecule has 292 valence electrons. The van der Waals surface area contributed by atoms with Gasteiger partial charge in [-0.05, 0) is 139 Å². The van der Waals surface area contributed by atoms with E-state index in [2.05, 4.69) is 91.9 Å². The summed E-state index contributed by atoms with van der Waals surface area (Å²) < 4.78 is 6.59. The molecular weight excluding hydrogens is 659 g/mol. The minimum atomic E-state index is -1.26. The first-order valence-corrected chi connectivity index (χ1v) is 21.0. The van der Waals surface area contributed by atoms with Crippen LogP contribution in [0.25, 0.3) is 0 Å². The lowest BCUT2D eigenvalue weighted by Crippen LogP contribution is -2.71. The highest BCUT2D eigenvalue weighted by molar-refractivity contribution is 6.01. The summed E-state index contributed by atoms with van der Waals surface area (Å²) in [6.45, 7) is 26.3. The maximum absolute atomic E-state index is 14.6. The van der Waals surface area contributed by atoms with Gasteiger partial charge in [0.1, 0.15) is 6.10 Å². The lowest BCUT2D eigenvalue weighted by Gasteiger charge is -2.78. The molecule has 6 nitrogen and oxygen atoms in total. The summed E-state index contributed by atoms with van der Waals surface area (Å²) in [6, 6.07) is 8.46. The smallest absolute Gasteiger partial charge is 0.309 e. The van der Waals surface area contributed by atoms with E-state index in [4.69, 9.17) is 4.74 Å². The Bertz CT molecular complexity index is 1740. The number of hydrogen-bond acceptors (Lipinski definition) is 5. The van der Waals surface area contributed by atoms with Crippen LogP contribution in [-0.4, -0.2) is 35.5 Å². The van der Waals surface area contributed by atoms with Gasteiger partial charge in [0, 0.05) is 24.9 Å². The third-order valence-electron chi connectivity index (χ3n) is 18.8. The van der Waals surface area contributed by atoms with E-state index in [1.165, 1.54) is 49.7 Å². The highest BCUT2D eigenvalue weighted by Crippen LogP contribution is 2.91. The molecule has 0 bridgehead atoms. The predicted molar refractivity (Wildman–Crippen MR) is 210 cm³/mol. The quantitative estimate of drug-likeness (QED) is 0.233. The Morgan fingerprint density at radius 2 is 1.47 bits per heavy atom. The van der Waals surface area contributed by atoms with Gasteiger partial charge in [0.25, 0.3) is 0 Å². The highest BCUT2D eigenvalue weighted by atomic mass is 16.5. The van der Waals surface area contributed by atoms with E-state index in [9.17, 15) is 19.5 Å². The Morgan fingerprint density at radius 3 is 2.11 bits per heavy atom. The van der Waals surface area contributed by atoms with Crippen molar-refractivity contribution < 1.29 is 24.2 Å². The molecule has 0 heterocycles. The molecule has 6 aliphatic carbocycles. The topological polar surface area (TPSA) is 92.7 Å². The molecule has 5 fully saturated rings. The summed E-state index contributed by atoms with van der Waals surface area (Å²) in [6.07, 6.45) is 11.4. The lowest BCUT2D eigenvalue weighted by atomic mass is 9.26. The van der Waals surface area contributed by atoms with Gasteiger partial charge in [-0.15, -0.1) is 0 Å². The van der Waals surface area contributed by atoms with Crippen LogP contribution in [0.2, 0.25) is 0 Å². The molecule has 1 aromatic rings. The zero-order chi connectivity index (χ0) is 38.8. The van der Waals surface area contributed by atoms with Crippen molar-refractivity contribution >= 4 is 17.7 Å². The van der Waals surface area contributed by atoms with E-state index >= 15 is 0 Å². The number of aliphatic carboxylic acids is 1. The van der Waals surface area contributed by atoms with Crippen LogP contribution in [0.3, 0.4) is 0 Å². The van der Waals surface area contributed by atoms with Crippen LogP contribution in [0.4, 0.5) is 0 Å². The van der Waals surface area contributed by atoms with Crippen molar-refractivity contribution in [3.8, 4) is 0 Å². The highest BCUT2D eigenvalue weighted by Gasteiger charge is 2.84. The molecule has 0 aromatic heterocycles. The van der Waals surface area contributed by atoms with Crippen molar-refractivity contribution in [3.63, 3.8) is 0 Å². The zero-order valence-corrected chi connectivity index (χ0v) is 34.9. The first-order chi connectivity index (χ1) is 24.5. The van der Waals surface area contributed by atoms with Crippen molar-refractivity contribution in [2.24, 2.45) is 54.7 Å². The second-order valence-corrected chi connectivity index (χ2v) is 21.5. The van der Waals surface area contributed by atoms with Gasteiger partial charge in [-0.1, -0.05) is 91.6 Å². The Hall–Kier alpha value is -2.47. The van der Waals surface area contributed by atoms with Crippen molar-refractivity contribution in [2.75, 3.05) is 6.54 Å². The third kappa shape index (κ3) is 4.94. The van der Waals surface area contributed by atoms with E-state index in [-0.39, 0.29) is 45.2 Å². The van der Waals surface area contributed by atoms with E-state index in [1.807, 2.05) is 0 Å². The fourth-order valence-electron chi connectivity index (χ4n) is 15.0. The second-order valence-electron chi connectivity index (χ2n) is 21.5. The van der Waals surface area contributed by atoms with Gasteiger partial charge in [0.2, 0.25) is 0 Å². The Balaban J connectivity index is 1.31. The molecule has 0 aliphatic heterocycles. The number of ether oxygens (including phenoxy) is 1. The maximum atomic E-state index is 14.6. The van der Waals surface area contributed by atoms with E-state index < -0.39 is 28.9 Å². The summed E-state index contributed by atoms with van der Waals surface area (Å²) in [5.74, 6) is -1.26. The number of carbonyl (C=O) groups excluding carboxylic acids is 2. The average Bonchev–Trinajstić information content (AvgIpc) is 3.58. The number of nitrogens with one attached hydrogen (secondary N) is 1. The Labute approximate surface area is 320 Å². The van der Waals surface area contributed by atoms with Crippen molar-refractivity contribution in [1.29, 1.82) is 0 Å². The van der Waals surface area contributed by atoms with Gasteiger partial charge in [-0.3, -0.25) is 14.4 Å². The van der Waals surface area contributed by atoms with Crippen LogP contribution in [0, 0.1) is 61.6 Å². The third-order valence-corrected chi connectivity index (χ3v) is 18.8. The van der Waals surface area contributed by atoms with Crippen molar-refractivity contribution in [2.45, 2.75) is 166 Å². The molecule has 9 atom stereocenters. The molecule has 5 saturated carbocycles. The van der Waals surface area contributed by atoms with Crippen LogP contribution in [0.15, 0.2) is 35.4 Å². The summed E-state index contributed by atoms with van der Waals surface area (Å²) in [5, 5.41) is 13.6. The number of carbonyl (C=O) groups is 3. The zero-order valence-electron chi connectivity index (χ0n) is 34.9. The van der Waals surface area contributed by atoms with Gasteiger partial charge in [0.05, 0.1) is 11.8 Å². The number of esters is 1. The SMILES string of the molecule is Cc1ccc(CNCC(OC(=O)CC(C)(C)C(=O)O)C23CC[C@]4(C)C(C)(CC[C@@]5(C)C4(C)CC[C@@]46CC4(C)CCCC56C)C2=C(C(C)C)C(=O)C3)cc1. The van der Waals surface area contributed by atoms with Crippen LogP contribution >= 0.6 is 0 Å². The molecular formula is C47H69NO5. The predicted octanol–water partition coefficient (Wildman–Crippen LogP) is 10.4. The van der Waals surface area contributed by atoms with Gasteiger partial charge in [0.15, 0.2) is 5.78 Å². The number of aryl methyl sites for hydroxylation is 1. The average molecular weight is 728 g/mol. The molecule has 53 heavy (non-hydrogen) atoms. The normalized spacial score (nSPS) is 42.2. The molecule has 6 unspecified atom stereocenters. The number of hydrogen-bond donors (Lipinski definition) is 2. The molecule has 0 radical (unpaired) electrons. The standard InChI is InChI=1S/C47H69NO5/c1-30(2)36-33(49)25-46(34(53-35(50)26-39(4,5)38(51)52)28-48-27-32-15-13-31(3)14-16-32)23-21-42(8)41(7,37(36)46)19-20-44(10)43(42,9)22-24-47-29-40(47,6)17-12-18-45(44,47)11/h13-16,30,34,48H,12,17-29H2,1-11H3,(H,51,52)/t34?,40?,41?,42-,43?,44+,45?,46?,47-/m1/s1. The van der Waals surface area contributed by atoms with Crippen LogP contribution in [0.1, 0.15) is 157 Å². The van der Waals surface area contributed by atoms with Crippen molar-refractivity contribution in [3.05, 3.63) is 46.5 Å². The van der Waals surface area contributed by atoms with Gasteiger partial charge < -0.3 is 15.2 Å². The van der Waals surface area contributed by atoms with E-state index in [0.717, 1.165) is 36.8 Å². The number of benzene rings is 1. The molecule has 2 N–H and O–H groups in total. The molecule has 6 heteroatoms. The first kappa shape index (κ1) is 38.8. The minimum Gasteiger partial charge on any atom is -0.481 e. The molecule has 0 saturated heterocycles.